The van der Waals surface area contributed by atoms with E-state index < -0.39 is 67.3 Å². The van der Waals surface area contributed by atoms with Crippen LogP contribution in [-0.2, 0) is 42.9 Å². The Balaban J connectivity index is 2.71. The van der Waals surface area contributed by atoms with Crippen molar-refractivity contribution >= 4 is 23.9 Å². The molecular formula is C67H110O12. The van der Waals surface area contributed by atoms with Crippen molar-refractivity contribution in [3.8, 4) is 0 Å². The molecule has 0 radical (unpaired) electrons. The molecule has 0 aliphatic carbocycles. The molecule has 0 amide bonds. The second-order valence-corrected chi connectivity index (χ2v) is 20.9. The van der Waals surface area contributed by atoms with Crippen molar-refractivity contribution in [1.29, 1.82) is 0 Å². The fourth-order valence-corrected chi connectivity index (χ4v) is 8.94. The van der Waals surface area contributed by atoms with E-state index in [1.54, 1.807) is 0 Å². The number of rotatable bonds is 52. The number of carbonyl (C=O) groups excluding carboxylic acids is 3. The zero-order valence-corrected chi connectivity index (χ0v) is 49.6. The number of carboxylic acid groups (broad SMARTS) is 1. The Morgan fingerprint density at radius 2 is 0.797 bits per heavy atom. The number of aliphatic hydroxyl groups excluding tert-OH is 2. The van der Waals surface area contributed by atoms with Gasteiger partial charge >= 0.3 is 23.9 Å². The van der Waals surface area contributed by atoms with Crippen molar-refractivity contribution in [3.63, 3.8) is 0 Å². The lowest BCUT2D eigenvalue weighted by atomic mass is 9.98. The molecule has 1 fully saturated rings. The largest absolute Gasteiger partial charge is 0.479 e. The number of ether oxygens (including phenoxy) is 5. The molecule has 0 aromatic heterocycles. The van der Waals surface area contributed by atoms with Crippen LogP contribution >= 0.6 is 0 Å². The number of aliphatic hydroxyl groups is 2. The standard InChI is InChI=1S/C67H110O12/c1-4-7-10-13-16-19-22-25-28-29-30-31-34-35-38-41-44-47-50-53-59(68)75-56-58(77-60(69)54-51-48-45-42-39-36-32-26-23-20-17-14-11-8-5-2)57-76-67-65(63(72)62(71)64(79-67)66(73)74)78-61(70)55-52-49-46-43-40-37-33-27-24-21-18-15-12-9-6-3/h7,9-10,12,16,18-19,21,25,27-28,30-31,33,35,38,58,62-65,67,71-72H,4-6,8,11,13-15,17,20,22-24,26,29,32,34,36-37,39-57H2,1-3H3,(H,73,74)/b10-7-,12-9-,19-16-,21-18-,28-25-,31-30-,33-27-,38-35-. The molecule has 6 atom stereocenters. The highest BCUT2D eigenvalue weighted by Crippen LogP contribution is 2.26. The average molecular weight is 1110 g/mol. The van der Waals surface area contributed by atoms with Gasteiger partial charge in [0.1, 0.15) is 18.8 Å². The fourth-order valence-electron chi connectivity index (χ4n) is 8.94. The van der Waals surface area contributed by atoms with Gasteiger partial charge in [0.25, 0.3) is 0 Å². The number of hydrogen-bond acceptors (Lipinski definition) is 11. The predicted molar refractivity (Wildman–Crippen MR) is 321 cm³/mol. The summed E-state index contributed by atoms with van der Waals surface area (Å²) in [5.74, 6) is -3.18. The van der Waals surface area contributed by atoms with Crippen LogP contribution in [0.2, 0.25) is 0 Å². The minimum absolute atomic E-state index is 0.0347. The topological polar surface area (TPSA) is 175 Å². The lowest BCUT2D eigenvalue weighted by Gasteiger charge is -2.40. The summed E-state index contributed by atoms with van der Waals surface area (Å²) in [6.45, 7) is 5.75. The number of hydrogen-bond donors (Lipinski definition) is 3. The molecule has 0 bridgehead atoms. The molecular weight excluding hydrogens is 997 g/mol. The van der Waals surface area contributed by atoms with Gasteiger partial charge in [0.15, 0.2) is 24.6 Å². The first-order valence-electron chi connectivity index (χ1n) is 31.2. The van der Waals surface area contributed by atoms with Gasteiger partial charge in [0.2, 0.25) is 0 Å². The van der Waals surface area contributed by atoms with Crippen LogP contribution in [0.4, 0.5) is 0 Å². The highest BCUT2D eigenvalue weighted by molar-refractivity contribution is 5.74. The summed E-state index contributed by atoms with van der Waals surface area (Å²) in [6, 6.07) is 0. The van der Waals surface area contributed by atoms with Gasteiger partial charge in [-0.3, -0.25) is 14.4 Å². The van der Waals surface area contributed by atoms with E-state index in [2.05, 4.69) is 118 Å². The molecule has 1 rings (SSSR count). The van der Waals surface area contributed by atoms with Gasteiger partial charge in [0, 0.05) is 19.3 Å². The van der Waals surface area contributed by atoms with Crippen molar-refractivity contribution in [2.75, 3.05) is 13.2 Å². The quantitative estimate of drug-likeness (QED) is 0.0228. The Kier molecular flexibility index (Phi) is 49.9. The molecule has 12 nitrogen and oxygen atoms in total. The van der Waals surface area contributed by atoms with E-state index in [1.807, 2.05) is 0 Å². The molecule has 0 spiro atoms. The first kappa shape index (κ1) is 72.7. The average Bonchev–Trinajstić information content (AvgIpc) is 3.46. The van der Waals surface area contributed by atoms with Gasteiger partial charge in [-0.2, -0.15) is 0 Å². The number of allylic oxidation sites excluding steroid dienone is 16. The Bertz CT molecular complexity index is 1740. The molecule has 6 unspecified atom stereocenters. The van der Waals surface area contributed by atoms with Crippen LogP contribution in [0.3, 0.4) is 0 Å². The number of unbranched alkanes of at least 4 members (excludes halogenated alkanes) is 22. The van der Waals surface area contributed by atoms with Gasteiger partial charge < -0.3 is 39.0 Å². The zero-order valence-electron chi connectivity index (χ0n) is 49.6. The monoisotopic (exact) mass is 1110 g/mol. The van der Waals surface area contributed by atoms with E-state index in [9.17, 15) is 34.5 Å². The normalized spacial score (nSPS) is 18.5. The third-order valence-corrected chi connectivity index (χ3v) is 13.7. The first-order valence-corrected chi connectivity index (χ1v) is 31.2. The van der Waals surface area contributed by atoms with Crippen LogP contribution < -0.4 is 0 Å². The van der Waals surface area contributed by atoms with E-state index >= 15 is 0 Å². The van der Waals surface area contributed by atoms with Gasteiger partial charge in [-0.25, -0.2) is 4.79 Å². The molecule has 450 valence electrons. The van der Waals surface area contributed by atoms with Crippen molar-refractivity contribution in [2.24, 2.45) is 0 Å². The summed E-state index contributed by atoms with van der Waals surface area (Å²) in [7, 11) is 0. The van der Waals surface area contributed by atoms with Gasteiger partial charge in [-0.05, 0) is 96.3 Å². The van der Waals surface area contributed by atoms with Crippen LogP contribution in [0.1, 0.15) is 252 Å². The number of carbonyl (C=O) groups is 4. The third kappa shape index (κ3) is 44.0. The first-order chi connectivity index (χ1) is 38.6. The van der Waals surface area contributed by atoms with E-state index in [-0.39, 0.29) is 25.9 Å². The van der Waals surface area contributed by atoms with E-state index in [0.29, 0.717) is 19.3 Å². The van der Waals surface area contributed by atoms with Crippen molar-refractivity contribution in [3.05, 3.63) is 97.2 Å². The molecule has 79 heavy (non-hydrogen) atoms. The van der Waals surface area contributed by atoms with Crippen LogP contribution in [0.5, 0.6) is 0 Å². The molecule has 0 aromatic carbocycles. The van der Waals surface area contributed by atoms with Crippen molar-refractivity contribution < 1.29 is 58.2 Å². The number of esters is 3. The van der Waals surface area contributed by atoms with Crippen LogP contribution in [0.25, 0.3) is 0 Å². The number of aliphatic carboxylic acids is 1. The molecule has 1 saturated heterocycles. The fraction of sp³-hybridized carbons (Fsp3) is 0.701. The summed E-state index contributed by atoms with van der Waals surface area (Å²) in [5, 5.41) is 31.5. The smallest absolute Gasteiger partial charge is 0.335 e. The van der Waals surface area contributed by atoms with Crippen LogP contribution in [-0.4, -0.2) is 89.2 Å². The molecule has 12 heteroatoms. The molecule has 0 saturated carbocycles. The van der Waals surface area contributed by atoms with Gasteiger partial charge in [0.05, 0.1) is 6.61 Å². The highest BCUT2D eigenvalue weighted by Gasteiger charge is 2.50. The van der Waals surface area contributed by atoms with E-state index in [4.69, 9.17) is 23.7 Å². The molecule has 0 aromatic rings. The summed E-state index contributed by atoms with van der Waals surface area (Å²) >= 11 is 0. The highest BCUT2D eigenvalue weighted by atomic mass is 16.7. The maximum atomic E-state index is 13.2. The van der Waals surface area contributed by atoms with E-state index in [1.165, 1.54) is 70.6 Å². The Morgan fingerprint density at radius 1 is 0.430 bits per heavy atom. The van der Waals surface area contributed by atoms with Gasteiger partial charge in [-0.15, -0.1) is 0 Å². The second kappa shape index (κ2) is 54.2. The SMILES string of the molecule is CC/C=C\C/C=C\C/C=C\C/C=C\C/C=C\CCCCCC(=O)OCC(COC1OC(C(=O)O)C(O)C(O)C1OC(=O)CCCCCCC/C=C\C/C=C\C/C=C\CC)OC(=O)CCCCCCCCCCCCCCCCC. The summed E-state index contributed by atoms with van der Waals surface area (Å²) in [4.78, 5) is 51.2. The minimum Gasteiger partial charge on any atom is -0.479 e. The lowest BCUT2D eigenvalue weighted by molar-refractivity contribution is -0.301. The number of carboxylic acids is 1. The van der Waals surface area contributed by atoms with E-state index in [0.717, 1.165) is 122 Å². The summed E-state index contributed by atoms with van der Waals surface area (Å²) in [6.07, 6.45) is 59.4. The maximum absolute atomic E-state index is 13.2. The molecule has 1 aliphatic heterocycles. The Labute approximate surface area is 479 Å². The minimum atomic E-state index is -1.92. The zero-order chi connectivity index (χ0) is 57.5. The summed E-state index contributed by atoms with van der Waals surface area (Å²) < 4.78 is 28.4. The van der Waals surface area contributed by atoms with Crippen molar-refractivity contribution in [2.45, 2.75) is 289 Å². The summed E-state index contributed by atoms with van der Waals surface area (Å²) in [5.41, 5.74) is 0. The molecule has 3 N–H and O–H groups in total. The maximum Gasteiger partial charge on any atom is 0.335 e. The van der Waals surface area contributed by atoms with Crippen molar-refractivity contribution in [1.82, 2.24) is 0 Å². The van der Waals surface area contributed by atoms with Crippen LogP contribution in [0, 0.1) is 0 Å². The van der Waals surface area contributed by atoms with Gasteiger partial charge in [-0.1, -0.05) is 234 Å². The predicted octanol–water partition coefficient (Wildman–Crippen LogP) is 16.5. The lowest BCUT2D eigenvalue weighted by Crippen LogP contribution is -2.61. The second-order valence-electron chi connectivity index (χ2n) is 20.9. The van der Waals surface area contributed by atoms with Crippen LogP contribution in [0.15, 0.2) is 97.2 Å². The Hall–Kier alpha value is -4.36. The molecule has 1 aliphatic rings. The Morgan fingerprint density at radius 3 is 1.23 bits per heavy atom. The molecule has 1 heterocycles. The third-order valence-electron chi connectivity index (χ3n) is 13.7.